The van der Waals surface area contributed by atoms with Crippen molar-refractivity contribution in [1.29, 1.82) is 0 Å². The fourth-order valence-electron chi connectivity index (χ4n) is 4.10. The Balaban J connectivity index is 1.26. The highest BCUT2D eigenvalue weighted by atomic mass is 16.5. The number of rotatable bonds is 4. The van der Waals surface area contributed by atoms with Crippen LogP contribution in [0.4, 0.5) is 0 Å². The third-order valence-electron chi connectivity index (χ3n) is 6.04. The second-order valence-electron chi connectivity index (χ2n) is 8.17. The second kappa shape index (κ2) is 8.16. The Morgan fingerprint density at radius 1 is 1.09 bits per heavy atom. The third kappa shape index (κ3) is 3.64. The molecule has 9 nitrogen and oxygen atoms in total. The van der Waals surface area contributed by atoms with Crippen LogP contribution in [-0.4, -0.2) is 66.6 Å². The maximum Gasteiger partial charge on any atom is 0.259 e. The lowest BCUT2D eigenvalue weighted by Gasteiger charge is -2.36. The van der Waals surface area contributed by atoms with Gasteiger partial charge in [0.15, 0.2) is 5.65 Å². The zero-order valence-corrected chi connectivity index (χ0v) is 18.4. The van der Waals surface area contributed by atoms with Crippen molar-refractivity contribution < 1.29 is 9.32 Å². The maximum atomic E-state index is 13.2. The highest BCUT2D eigenvalue weighted by molar-refractivity contribution is 6.01. The number of piperazine rings is 1. The predicted octanol–water partition coefficient (Wildman–Crippen LogP) is 2.92. The van der Waals surface area contributed by atoms with Crippen LogP contribution in [0.2, 0.25) is 0 Å². The minimum Gasteiger partial charge on any atom is -0.337 e. The topological polar surface area (TPSA) is 92.7 Å². The van der Waals surface area contributed by atoms with E-state index >= 15 is 0 Å². The number of fused-ring (bicyclic) bond motifs is 1. The van der Waals surface area contributed by atoms with Crippen molar-refractivity contribution >= 4 is 11.6 Å². The number of amides is 1. The van der Waals surface area contributed by atoms with E-state index in [2.05, 4.69) is 32.0 Å². The number of carbonyl (C=O) groups excluding carboxylic acids is 1. The molecule has 1 unspecified atom stereocenters. The average molecular weight is 432 g/mol. The molecular weight excluding hydrogens is 406 g/mol. The van der Waals surface area contributed by atoms with Crippen molar-refractivity contribution in [3.63, 3.8) is 0 Å². The number of aryl methyl sites for hydroxylation is 2. The molecule has 0 spiro atoms. The summed E-state index contributed by atoms with van der Waals surface area (Å²) in [5.41, 5.74) is 3.99. The molecule has 1 saturated heterocycles. The Bertz CT molecular complexity index is 1250. The Morgan fingerprint density at radius 2 is 1.84 bits per heavy atom. The van der Waals surface area contributed by atoms with Gasteiger partial charge in [0.2, 0.25) is 11.7 Å². The van der Waals surface area contributed by atoms with Gasteiger partial charge in [-0.2, -0.15) is 10.1 Å². The highest BCUT2D eigenvalue weighted by Gasteiger charge is 2.30. The summed E-state index contributed by atoms with van der Waals surface area (Å²) < 4.78 is 7.21. The first-order valence-corrected chi connectivity index (χ1v) is 10.7. The first kappa shape index (κ1) is 20.3. The summed E-state index contributed by atoms with van der Waals surface area (Å²) in [7, 11) is 0. The molecule has 0 radical (unpaired) electrons. The Kier molecular flexibility index (Phi) is 5.18. The molecule has 1 amide bonds. The van der Waals surface area contributed by atoms with Crippen LogP contribution in [0.1, 0.15) is 40.5 Å². The molecule has 1 aliphatic rings. The summed E-state index contributed by atoms with van der Waals surface area (Å²) in [5, 5.41) is 8.57. The number of aromatic nitrogens is 5. The van der Waals surface area contributed by atoms with Gasteiger partial charge >= 0.3 is 0 Å². The zero-order valence-electron chi connectivity index (χ0n) is 18.4. The second-order valence-corrected chi connectivity index (χ2v) is 8.17. The molecule has 0 saturated carbocycles. The average Bonchev–Trinajstić information content (AvgIpc) is 3.43. The molecule has 1 atom stereocenters. The standard InChI is InChI=1S/C23H25N7O2/c1-15-5-7-18(8-6-15)20-25-22(32-27-20)17(3)28-11-13-29(14-12-28)23(31)19-16(2)26-30-10-4-9-24-21(19)30/h4-10,17H,11-14H2,1-3H3. The van der Waals surface area contributed by atoms with Gasteiger partial charge in [-0.25, -0.2) is 9.50 Å². The maximum absolute atomic E-state index is 13.2. The lowest BCUT2D eigenvalue weighted by atomic mass is 10.1. The minimum absolute atomic E-state index is 0.0250. The van der Waals surface area contributed by atoms with E-state index in [4.69, 9.17) is 4.52 Å². The van der Waals surface area contributed by atoms with E-state index in [0.717, 1.165) is 18.7 Å². The fourth-order valence-corrected chi connectivity index (χ4v) is 4.10. The SMILES string of the molecule is Cc1ccc(-c2noc(C(C)N3CCN(C(=O)c4c(C)nn5cccnc45)CC3)n2)cc1. The van der Waals surface area contributed by atoms with E-state index in [1.165, 1.54) is 5.56 Å². The highest BCUT2D eigenvalue weighted by Crippen LogP contribution is 2.24. The Labute approximate surface area is 185 Å². The normalized spacial score (nSPS) is 15.9. The monoisotopic (exact) mass is 431 g/mol. The smallest absolute Gasteiger partial charge is 0.259 e. The van der Waals surface area contributed by atoms with Gasteiger partial charge in [-0.1, -0.05) is 35.0 Å². The van der Waals surface area contributed by atoms with Crippen molar-refractivity contribution in [2.45, 2.75) is 26.8 Å². The van der Waals surface area contributed by atoms with Crippen molar-refractivity contribution in [3.05, 3.63) is 65.4 Å². The van der Waals surface area contributed by atoms with Gasteiger partial charge < -0.3 is 9.42 Å². The van der Waals surface area contributed by atoms with Crippen LogP contribution in [0, 0.1) is 13.8 Å². The molecule has 4 heterocycles. The molecule has 0 aliphatic carbocycles. The third-order valence-corrected chi connectivity index (χ3v) is 6.04. The lowest BCUT2D eigenvalue weighted by molar-refractivity contribution is 0.0552. The van der Waals surface area contributed by atoms with Crippen molar-refractivity contribution in [1.82, 2.24) is 34.5 Å². The minimum atomic E-state index is -0.0284. The van der Waals surface area contributed by atoms with Gasteiger partial charge in [0.25, 0.3) is 5.91 Å². The van der Waals surface area contributed by atoms with Gasteiger partial charge in [-0.15, -0.1) is 0 Å². The quantitative estimate of drug-likeness (QED) is 0.490. The summed E-state index contributed by atoms with van der Waals surface area (Å²) in [6.07, 6.45) is 3.49. The van der Waals surface area contributed by atoms with Crippen LogP contribution < -0.4 is 0 Å². The largest absolute Gasteiger partial charge is 0.337 e. The number of nitrogens with zero attached hydrogens (tertiary/aromatic N) is 7. The summed E-state index contributed by atoms with van der Waals surface area (Å²) in [6, 6.07) is 9.83. The fraction of sp³-hybridized carbons (Fsp3) is 0.348. The molecular formula is C23H25N7O2. The molecule has 164 valence electrons. The van der Waals surface area contributed by atoms with E-state index in [0.29, 0.717) is 41.7 Å². The molecule has 3 aromatic heterocycles. The Hall–Kier alpha value is -3.59. The summed E-state index contributed by atoms with van der Waals surface area (Å²) >= 11 is 0. The number of benzene rings is 1. The molecule has 4 aromatic rings. The molecule has 5 rings (SSSR count). The van der Waals surface area contributed by atoms with Crippen LogP contribution in [-0.2, 0) is 0 Å². The van der Waals surface area contributed by atoms with E-state index in [1.807, 2.05) is 43.0 Å². The van der Waals surface area contributed by atoms with Crippen LogP contribution in [0.25, 0.3) is 17.0 Å². The molecule has 32 heavy (non-hydrogen) atoms. The molecule has 1 fully saturated rings. The van der Waals surface area contributed by atoms with Crippen molar-refractivity contribution in [3.8, 4) is 11.4 Å². The first-order chi connectivity index (χ1) is 15.5. The summed E-state index contributed by atoms with van der Waals surface area (Å²) in [5.74, 6) is 1.16. The van der Waals surface area contributed by atoms with E-state index in [-0.39, 0.29) is 11.9 Å². The molecule has 1 aromatic carbocycles. The Morgan fingerprint density at radius 3 is 2.59 bits per heavy atom. The van der Waals surface area contributed by atoms with Crippen molar-refractivity contribution in [2.24, 2.45) is 0 Å². The number of carbonyl (C=O) groups is 1. The van der Waals surface area contributed by atoms with Gasteiger partial charge in [0, 0.05) is 44.1 Å². The van der Waals surface area contributed by atoms with E-state index < -0.39 is 0 Å². The van der Waals surface area contributed by atoms with E-state index in [9.17, 15) is 4.79 Å². The summed E-state index contributed by atoms with van der Waals surface area (Å²) in [4.78, 5) is 26.3. The lowest BCUT2D eigenvalue weighted by Crippen LogP contribution is -2.49. The molecule has 0 N–H and O–H groups in total. The number of hydrogen-bond acceptors (Lipinski definition) is 7. The van der Waals surface area contributed by atoms with Crippen molar-refractivity contribution in [2.75, 3.05) is 26.2 Å². The van der Waals surface area contributed by atoms with Crippen LogP contribution in [0.3, 0.4) is 0 Å². The predicted molar refractivity (Wildman–Crippen MR) is 118 cm³/mol. The van der Waals surface area contributed by atoms with Crippen LogP contribution in [0.15, 0.2) is 47.2 Å². The molecule has 1 aliphatic heterocycles. The zero-order chi connectivity index (χ0) is 22.2. The van der Waals surface area contributed by atoms with Gasteiger partial charge in [-0.05, 0) is 26.8 Å². The van der Waals surface area contributed by atoms with E-state index in [1.54, 1.807) is 23.0 Å². The van der Waals surface area contributed by atoms with Crippen LogP contribution in [0.5, 0.6) is 0 Å². The van der Waals surface area contributed by atoms with Gasteiger partial charge in [-0.3, -0.25) is 9.69 Å². The molecule has 9 heteroatoms. The van der Waals surface area contributed by atoms with Crippen LogP contribution >= 0.6 is 0 Å². The molecule has 0 bridgehead atoms. The first-order valence-electron chi connectivity index (χ1n) is 10.7. The summed E-state index contributed by atoms with van der Waals surface area (Å²) in [6.45, 7) is 8.63. The van der Waals surface area contributed by atoms with Gasteiger partial charge in [0.05, 0.1) is 11.7 Å². The number of hydrogen-bond donors (Lipinski definition) is 0. The van der Waals surface area contributed by atoms with Gasteiger partial charge in [0.1, 0.15) is 5.56 Å².